The molecule has 0 aromatic heterocycles. The third-order valence-corrected chi connectivity index (χ3v) is 4.80. The van der Waals surface area contributed by atoms with Crippen LogP contribution in [0.2, 0.25) is 0 Å². The topological polar surface area (TPSA) is 129 Å². The molecule has 9 nitrogen and oxygen atoms in total. The molecule has 30 heavy (non-hydrogen) atoms. The number of nitriles is 1. The number of rotatable bonds is 11. The first kappa shape index (κ1) is 23.3. The zero-order valence-corrected chi connectivity index (χ0v) is 17.0. The number of hydrogen-bond donors (Lipinski definition) is 2. The zero-order valence-electron chi connectivity index (χ0n) is 17.0. The van der Waals surface area contributed by atoms with Gasteiger partial charge in [0, 0.05) is 31.6 Å². The lowest BCUT2D eigenvalue weighted by molar-refractivity contribution is -0.139. The van der Waals surface area contributed by atoms with E-state index in [1.807, 2.05) is 0 Å². The Morgan fingerprint density at radius 2 is 1.90 bits per heavy atom. The van der Waals surface area contributed by atoms with Gasteiger partial charge in [0.25, 0.3) is 0 Å². The van der Waals surface area contributed by atoms with Crippen molar-refractivity contribution in [3.8, 4) is 11.8 Å². The third kappa shape index (κ3) is 7.81. The van der Waals surface area contributed by atoms with Crippen LogP contribution in [0, 0.1) is 11.3 Å². The summed E-state index contributed by atoms with van der Waals surface area (Å²) < 4.78 is 10.7. The van der Waals surface area contributed by atoms with Gasteiger partial charge in [-0.15, -0.1) is 0 Å². The van der Waals surface area contributed by atoms with Crippen molar-refractivity contribution in [2.24, 2.45) is 0 Å². The van der Waals surface area contributed by atoms with Crippen LogP contribution in [0.4, 0.5) is 0 Å². The maximum absolute atomic E-state index is 12.5. The SMILES string of the molecule is C[C@H](NC(=O)COC1CCN(CCC#N)CC1)C(=O)c1ccc(OCC(=O)O)cc1. The predicted molar refractivity (Wildman–Crippen MR) is 107 cm³/mol. The standard InChI is InChI=1S/C21H27N3O6/c1-15(21(28)16-3-5-17(6-4-16)30-14-20(26)27)23-19(25)13-29-18-7-11-24(12-8-18)10-2-9-22/h3-6,15,18H,2,7-8,10-14H2,1H3,(H,23,25)(H,26,27)/t15-/m0/s1. The summed E-state index contributed by atoms with van der Waals surface area (Å²) in [6.45, 7) is 3.48. The van der Waals surface area contributed by atoms with Crippen LogP contribution in [0.15, 0.2) is 24.3 Å². The first-order valence-corrected chi connectivity index (χ1v) is 9.88. The second-order valence-electron chi connectivity index (χ2n) is 7.12. The average Bonchev–Trinajstić information content (AvgIpc) is 2.75. The van der Waals surface area contributed by atoms with Gasteiger partial charge in [-0.2, -0.15) is 5.26 Å². The average molecular weight is 417 g/mol. The maximum atomic E-state index is 12.5. The lowest BCUT2D eigenvalue weighted by atomic mass is 10.1. The molecule has 1 aliphatic heterocycles. The number of nitrogens with zero attached hydrogens (tertiary/aromatic N) is 2. The minimum atomic E-state index is -1.08. The molecule has 1 atom stereocenters. The Bertz CT molecular complexity index is 766. The number of amides is 1. The molecule has 1 fully saturated rings. The smallest absolute Gasteiger partial charge is 0.341 e. The Kier molecular flexibility index (Phi) is 9.25. The van der Waals surface area contributed by atoms with E-state index in [2.05, 4.69) is 16.3 Å². The largest absolute Gasteiger partial charge is 0.482 e. The van der Waals surface area contributed by atoms with Crippen molar-refractivity contribution in [3.05, 3.63) is 29.8 Å². The van der Waals surface area contributed by atoms with Gasteiger partial charge in [-0.3, -0.25) is 9.59 Å². The van der Waals surface area contributed by atoms with Crippen molar-refractivity contribution >= 4 is 17.7 Å². The molecular formula is C21H27N3O6. The van der Waals surface area contributed by atoms with Crippen LogP contribution >= 0.6 is 0 Å². The van der Waals surface area contributed by atoms with E-state index in [9.17, 15) is 14.4 Å². The second kappa shape index (κ2) is 11.9. The van der Waals surface area contributed by atoms with E-state index < -0.39 is 18.6 Å². The fourth-order valence-corrected chi connectivity index (χ4v) is 3.16. The van der Waals surface area contributed by atoms with Gasteiger partial charge in [-0.1, -0.05) is 0 Å². The number of likely N-dealkylation sites (tertiary alicyclic amines) is 1. The Morgan fingerprint density at radius 1 is 1.23 bits per heavy atom. The lowest BCUT2D eigenvalue weighted by Crippen LogP contribution is -2.42. The summed E-state index contributed by atoms with van der Waals surface area (Å²) in [5, 5.41) is 19.9. The third-order valence-electron chi connectivity index (χ3n) is 4.80. The van der Waals surface area contributed by atoms with E-state index in [0.29, 0.717) is 17.7 Å². The number of Topliss-reactive ketones (excluding diaryl/α,β-unsaturated/α-hetero) is 1. The fraction of sp³-hybridized carbons (Fsp3) is 0.524. The normalized spacial score (nSPS) is 15.7. The monoisotopic (exact) mass is 417 g/mol. The molecule has 0 radical (unpaired) electrons. The highest BCUT2D eigenvalue weighted by atomic mass is 16.5. The van der Waals surface area contributed by atoms with Gasteiger partial charge in [-0.05, 0) is 44.0 Å². The van der Waals surface area contributed by atoms with E-state index in [4.69, 9.17) is 19.8 Å². The van der Waals surface area contributed by atoms with Crippen LogP contribution in [0.3, 0.4) is 0 Å². The van der Waals surface area contributed by atoms with E-state index >= 15 is 0 Å². The molecule has 1 amide bonds. The summed E-state index contributed by atoms with van der Waals surface area (Å²) >= 11 is 0. The highest BCUT2D eigenvalue weighted by Gasteiger charge is 2.22. The second-order valence-corrected chi connectivity index (χ2v) is 7.12. The number of benzene rings is 1. The van der Waals surface area contributed by atoms with Crippen molar-refractivity contribution in [1.82, 2.24) is 10.2 Å². The molecule has 162 valence electrons. The molecule has 1 saturated heterocycles. The summed E-state index contributed by atoms with van der Waals surface area (Å²) in [4.78, 5) is 37.3. The Hall–Kier alpha value is -2.96. The Balaban J connectivity index is 1.71. The number of carbonyl (C=O) groups excluding carboxylic acids is 2. The van der Waals surface area contributed by atoms with Gasteiger partial charge in [-0.25, -0.2) is 4.79 Å². The van der Waals surface area contributed by atoms with E-state index in [0.717, 1.165) is 32.5 Å². The van der Waals surface area contributed by atoms with Crippen LogP contribution in [-0.2, 0) is 14.3 Å². The summed E-state index contributed by atoms with van der Waals surface area (Å²) in [5.74, 6) is -1.36. The molecule has 2 N–H and O–H groups in total. The van der Waals surface area contributed by atoms with Crippen molar-refractivity contribution in [3.63, 3.8) is 0 Å². The highest BCUT2D eigenvalue weighted by molar-refractivity contribution is 6.01. The quantitative estimate of drug-likeness (QED) is 0.515. The van der Waals surface area contributed by atoms with Gasteiger partial charge in [0.2, 0.25) is 5.91 Å². The van der Waals surface area contributed by atoms with Crippen LogP contribution in [-0.4, -0.2) is 72.7 Å². The molecule has 1 heterocycles. The molecule has 1 aliphatic rings. The van der Waals surface area contributed by atoms with E-state index in [1.54, 1.807) is 6.92 Å². The molecule has 0 unspecified atom stereocenters. The van der Waals surface area contributed by atoms with Crippen molar-refractivity contribution in [1.29, 1.82) is 5.26 Å². The van der Waals surface area contributed by atoms with Gasteiger partial charge < -0.3 is 24.8 Å². The van der Waals surface area contributed by atoms with E-state index in [1.165, 1.54) is 24.3 Å². The Labute approximate surface area is 175 Å². The molecule has 1 aromatic rings. The molecular weight excluding hydrogens is 390 g/mol. The van der Waals surface area contributed by atoms with Crippen LogP contribution in [0.5, 0.6) is 5.75 Å². The van der Waals surface area contributed by atoms with Crippen LogP contribution in [0.25, 0.3) is 0 Å². The van der Waals surface area contributed by atoms with E-state index in [-0.39, 0.29) is 24.4 Å². The maximum Gasteiger partial charge on any atom is 0.341 e. The van der Waals surface area contributed by atoms with Gasteiger partial charge in [0.05, 0.1) is 18.2 Å². The number of piperidine rings is 1. The number of nitrogens with one attached hydrogen (secondary N) is 1. The van der Waals surface area contributed by atoms with Gasteiger partial charge >= 0.3 is 5.97 Å². The summed E-state index contributed by atoms with van der Waals surface area (Å²) in [5.41, 5.74) is 0.385. The van der Waals surface area contributed by atoms with Crippen molar-refractivity contribution in [2.45, 2.75) is 38.3 Å². The lowest BCUT2D eigenvalue weighted by Gasteiger charge is -2.31. The zero-order chi connectivity index (χ0) is 21.9. The van der Waals surface area contributed by atoms with Gasteiger partial charge in [0.15, 0.2) is 12.4 Å². The molecule has 0 bridgehead atoms. The summed E-state index contributed by atoms with van der Waals surface area (Å²) in [6.07, 6.45) is 2.13. The fourth-order valence-electron chi connectivity index (χ4n) is 3.16. The highest BCUT2D eigenvalue weighted by Crippen LogP contribution is 2.15. The predicted octanol–water partition coefficient (Wildman–Crippen LogP) is 1.23. The Morgan fingerprint density at radius 3 is 2.50 bits per heavy atom. The number of aliphatic carboxylic acids is 1. The first-order chi connectivity index (χ1) is 14.4. The first-order valence-electron chi connectivity index (χ1n) is 9.88. The van der Waals surface area contributed by atoms with Crippen LogP contribution < -0.4 is 10.1 Å². The molecule has 0 aliphatic carbocycles. The number of carbonyl (C=O) groups is 3. The molecule has 0 spiro atoms. The van der Waals surface area contributed by atoms with Crippen LogP contribution in [0.1, 0.15) is 36.5 Å². The number of carboxylic acid groups (broad SMARTS) is 1. The van der Waals surface area contributed by atoms with Crippen molar-refractivity contribution in [2.75, 3.05) is 32.8 Å². The minimum absolute atomic E-state index is 0.00144. The number of hydrogen-bond acceptors (Lipinski definition) is 7. The van der Waals surface area contributed by atoms with Crippen molar-refractivity contribution < 1.29 is 29.0 Å². The van der Waals surface area contributed by atoms with Gasteiger partial charge in [0.1, 0.15) is 12.4 Å². The summed E-state index contributed by atoms with van der Waals surface area (Å²) in [6, 6.07) is 7.49. The molecule has 9 heteroatoms. The minimum Gasteiger partial charge on any atom is -0.482 e. The number of carboxylic acids is 1. The number of ketones is 1. The summed E-state index contributed by atoms with van der Waals surface area (Å²) in [7, 11) is 0. The molecule has 1 aromatic carbocycles. The molecule has 2 rings (SSSR count). The number of ether oxygens (including phenoxy) is 2. The molecule has 0 saturated carbocycles.